The second-order valence-electron chi connectivity index (χ2n) is 4.84. The summed E-state index contributed by atoms with van der Waals surface area (Å²) in [4.78, 5) is 11.9. The molecule has 0 aromatic heterocycles. The molecule has 0 aliphatic heterocycles. The van der Waals surface area contributed by atoms with Crippen LogP contribution >= 0.6 is 0 Å². The van der Waals surface area contributed by atoms with Gasteiger partial charge in [0.05, 0.1) is 6.54 Å². The van der Waals surface area contributed by atoms with Crippen LogP contribution in [0.15, 0.2) is 18.2 Å². The SMILES string of the molecule is CCC(C)(C)C(=O)N(O)Cc1ccc(F)cc1F. The summed E-state index contributed by atoms with van der Waals surface area (Å²) in [6, 6.07) is 3.01. The van der Waals surface area contributed by atoms with E-state index in [1.807, 2.05) is 6.92 Å². The number of carbonyl (C=O) groups is 1. The minimum absolute atomic E-state index is 0.0687. The smallest absolute Gasteiger partial charge is 0.251 e. The highest BCUT2D eigenvalue weighted by molar-refractivity contribution is 5.80. The second-order valence-corrected chi connectivity index (χ2v) is 4.84. The average Bonchev–Trinajstić information content (AvgIpc) is 2.31. The highest BCUT2D eigenvalue weighted by atomic mass is 19.1. The van der Waals surface area contributed by atoms with E-state index in [-0.39, 0.29) is 12.1 Å². The highest BCUT2D eigenvalue weighted by Gasteiger charge is 2.30. The van der Waals surface area contributed by atoms with Crippen LogP contribution in [0.1, 0.15) is 32.8 Å². The summed E-state index contributed by atoms with van der Waals surface area (Å²) in [6.07, 6.45) is 0.550. The molecule has 0 radical (unpaired) electrons. The van der Waals surface area contributed by atoms with Crippen LogP contribution in [0.5, 0.6) is 0 Å². The van der Waals surface area contributed by atoms with Crippen LogP contribution in [0, 0.1) is 17.0 Å². The lowest BCUT2D eigenvalue weighted by Gasteiger charge is -2.26. The zero-order valence-electron chi connectivity index (χ0n) is 10.7. The van der Waals surface area contributed by atoms with E-state index in [1.165, 1.54) is 6.07 Å². The summed E-state index contributed by atoms with van der Waals surface area (Å²) in [5.74, 6) is -1.97. The van der Waals surface area contributed by atoms with Gasteiger partial charge in [0.15, 0.2) is 0 Å². The van der Waals surface area contributed by atoms with Gasteiger partial charge in [-0.2, -0.15) is 0 Å². The summed E-state index contributed by atoms with van der Waals surface area (Å²) in [5, 5.41) is 10.1. The first-order valence-electron chi connectivity index (χ1n) is 5.72. The maximum Gasteiger partial charge on any atom is 0.251 e. The Hall–Kier alpha value is -1.49. The number of amides is 1. The number of nitrogens with zero attached hydrogens (tertiary/aromatic N) is 1. The lowest BCUT2D eigenvalue weighted by Crippen LogP contribution is -2.38. The van der Waals surface area contributed by atoms with Gasteiger partial charge in [-0.25, -0.2) is 13.8 Å². The van der Waals surface area contributed by atoms with Crippen molar-refractivity contribution >= 4 is 5.91 Å². The maximum atomic E-state index is 13.4. The van der Waals surface area contributed by atoms with Crippen molar-refractivity contribution in [1.82, 2.24) is 5.06 Å². The van der Waals surface area contributed by atoms with E-state index in [4.69, 9.17) is 0 Å². The topological polar surface area (TPSA) is 40.5 Å². The number of hydrogen-bond acceptors (Lipinski definition) is 2. The van der Waals surface area contributed by atoms with Gasteiger partial charge in [-0.15, -0.1) is 0 Å². The van der Waals surface area contributed by atoms with E-state index in [9.17, 15) is 18.8 Å². The third-order valence-electron chi connectivity index (χ3n) is 3.03. The van der Waals surface area contributed by atoms with Crippen LogP contribution in [0.4, 0.5) is 8.78 Å². The molecule has 18 heavy (non-hydrogen) atoms. The van der Waals surface area contributed by atoms with Crippen molar-refractivity contribution in [2.24, 2.45) is 5.41 Å². The van der Waals surface area contributed by atoms with E-state index < -0.39 is 23.0 Å². The zero-order valence-corrected chi connectivity index (χ0v) is 10.7. The van der Waals surface area contributed by atoms with Gasteiger partial charge in [-0.1, -0.05) is 26.8 Å². The van der Waals surface area contributed by atoms with Crippen molar-refractivity contribution in [2.45, 2.75) is 33.7 Å². The van der Waals surface area contributed by atoms with E-state index in [0.717, 1.165) is 12.1 Å². The molecule has 0 saturated carbocycles. The van der Waals surface area contributed by atoms with E-state index in [1.54, 1.807) is 13.8 Å². The fourth-order valence-electron chi connectivity index (χ4n) is 1.38. The summed E-state index contributed by atoms with van der Waals surface area (Å²) in [6.45, 7) is 4.91. The molecule has 1 rings (SSSR count). The van der Waals surface area contributed by atoms with Crippen molar-refractivity contribution < 1.29 is 18.8 Å². The third kappa shape index (κ3) is 3.26. The average molecular weight is 257 g/mol. The first kappa shape index (κ1) is 14.6. The Bertz CT molecular complexity index is 447. The molecule has 1 aromatic carbocycles. The minimum atomic E-state index is -0.781. The number of benzene rings is 1. The van der Waals surface area contributed by atoms with Crippen LogP contribution in [0.25, 0.3) is 0 Å². The molecule has 1 N–H and O–H groups in total. The first-order chi connectivity index (χ1) is 8.27. The van der Waals surface area contributed by atoms with E-state index in [2.05, 4.69) is 0 Å². The summed E-state index contributed by atoms with van der Waals surface area (Å²) < 4.78 is 26.1. The molecule has 0 bridgehead atoms. The van der Waals surface area contributed by atoms with Crippen LogP contribution in [0.3, 0.4) is 0 Å². The Kier molecular flexibility index (Phi) is 4.40. The molecule has 0 unspecified atom stereocenters. The molecule has 0 spiro atoms. The molecule has 0 atom stereocenters. The summed E-state index contributed by atoms with van der Waals surface area (Å²) >= 11 is 0. The first-order valence-corrected chi connectivity index (χ1v) is 5.72. The Labute approximate surface area is 105 Å². The lowest BCUT2D eigenvalue weighted by atomic mass is 9.89. The minimum Gasteiger partial charge on any atom is -0.286 e. The van der Waals surface area contributed by atoms with E-state index in [0.29, 0.717) is 11.5 Å². The molecular weight excluding hydrogens is 240 g/mol. The maximum absolute atomic E-state index is 13.4. The molecule has 0 aliphatic carbocycles. The van der Waals surface area contributed by atoms with Gasteiger partial charge in [0, 0.05) is 17.0 Å². The van der Waals surface area contributed by atoms with Gasteiger partial charge in [0.25, 0.3) is 5.91 Å². The van der Waals surface area contributed by atoms with Crippen molar-refractivity contribution in [3.8, 4) is 0 Å². The zero-order chi connectivity index (χ0) is 13.9. The van der Waals surface area contributed by atoms with Crippen LogP contribution < -0.4 is 0 Å². The quantitative estimate of drug-likeness (QED) is 0.665. The second kappa shape index (κ2) is 5.44. The van der Waals surface area contributed by atoms with Crippen molar-refractivity contribution in [2.75, 3.05) is 0 Å². The highest BCUT2D eigenvalue weighted by Crippen LogP contribution is 2.23. The van der Waals surface area contributed by atoms with Gasteiger partial charge < -0.3 is 0 Å². The van der Waals surface area contributed by atoms with Gasteiger partial charge in [0.2, 0.25) is 0 Å². The molecule has 1 aromatic rings. The number of rotatable bonds is 4. The van der Waals surface area contributed by atoms with Crippen molar-refractivity contribution in [3.63, 3.8) is 0 Å². The lowest BCUT2D eigenvalue weighted by molar-refractivity contribution is -0.178. The molecular formula is C13H17F2NO2. The van der Waals surface area contributed by atoms with Gasteiger partial charge in [-0.3, -0.25) is 10.0 Å². The van der Waals surface area contributed by atoms with Crippen molar-refractivity contribution in [1.29, 1.82) is 0 Å². The molecule has 5 heteroatoms. The van der Waals surface area contributed by atoms with Gasteiger partial charge >= 0.3 is 0 Å². The molecule has 3 nitrogen and oxygen atoms in total. The number of halogens is 2. The number of carbonyl (C=O) groups excluding carboxylic acids is 1. The Balaban J connectivity index is 2.82. The Morgan fingerprint density at radius 2 is 2.00 bits per heavy atom. The number of hydroxylamine groups is 2. The molecule has 0 aliphatic rings. The molecule has 1 amide bonds. The normalized spacial score (nSPS) is 11.4. The molecule has 0 heterocycles. The molecule has 0 fully saturated rings. The number of hydrogen-bond donors (Lipinski definition) is 1. The van der Waals surface area contributed by atoms with Gasteiger partial charge in [0.1, 0.15) is 11.6 Å². The fraction of sp³-hybridized carbons (Fsp3) is 0.462. The van der Waals surface area contributed by atoms with Gasteiger partial charge in [-0.05, 0) is 12.5 Å². The standard InChI is InChI=1S/C13H17F2NO2/c1-4-13(2,3)12(17)16(18)8-9-5-6-10(14)7-11(9)15/h5-7,18H,4,8H2,1-3H3. The fourth-order valence-corrected chi connectivity index (χ4v) is 1.38. The van der Waals surface area contributed by atoms with E-state index >= 15 is 0 Å². The third-order valence-corrected chi connectivity index (χ3v) is 3.03. The molecule has 100 valence electrons. The van der Waals surface area contributed by atoms with Crippen LogP contribution in [0.2, 0.25) is 0 Å². The predicted octanol–water partition coefficient (Wildman–Crippen LogP) is 3.12. The summed E-state index contributed by atoms with van der Waals surface area (Å²) in [7, 11) is 0. The Morgan fingerprint density at radius 3 is 2.50 bits per heavy atom. The van der Waals surface area contributed by atoms with Crippen molar-refractivity contribution in [3.05, 3.63) is 35.4 Å². The molecule has 0 saturated heterocycles. The van der Waals surface area contributed by atoms with Crippen LogP contribution in [-0.2, 0) is 11.3 Å². The predicted molar refractivity (Wildman–Crippen MR) is 62.8 cm³/mol. The van der Waals surface area contributed by atoms with Crippen LogP contribution in [-0.4, -0.2) is 16.2 Å². The largest absolute Gasteiger partial charge is 0.286 e. The Morgan fingerprint density at radius 1 is 1.39 bits per heavy atom. The monoisotopic (exact) mass is 257 g/mol. The summed E-state index contributed by atoms with van der Waals surface area (Å²) in [5.41, 5.74) is -0.648.